The number of amides is 1. The molecule has 0 aliphatic carbocycles. The largest absolute Gasteiger partial charge is 0.370 e. The monoisotopic (exact) mass is 205 g/mol. The van der Waals surface area contributed by atoms with Gasteiger partial charge in [0.1, 0.15) is 6.61 Å². The van der Waals surface area contributed by atoms with E-state index in [1.807, 2.05) is 35.2 Å². The summed E-state index contributed by atoms with van der Waals surface area (Å²) in [6.45, 7) is 3.60. The number of morpholine rings is 1. The summed E-state index contributed by atoms with van der Waals surface area (Å²) in [6, 6.07) is 10.2. The predicted molar refractivity (Wildman–Crippen MR) is 57.4 cm³/mol. The summed E-state index contributed by atoms with van der Waals surface area (Å²) in [5.74, 6) is 0.0811. The van der Waals surface area contributed by atoms with Gasteiger partial charge in [0.15, 0.2) is 0 Å². The second-order valence-corrected chi connectivity index (χ2v) is 3.73. The normalized spacial score (nSPS) is 19.0. The first-order valence-electron chi connectivity index (χ1n) is 5.21. The highest BCUT2D eigenvalue weighted by molar-refractivity contribution is 5.78. The smallest absolute Gasteiger partial charge is 0.249 e. The summed E-state index contributed by atoms with van der Waals surface area (Å²) < 4.78 is 5.11. The molecule has 1 amide bonds. The van der Waals surface area contributed by atoms with Gasteiger partial charge in [-0.15, -0.1) is 0 Å². The molecular weight excluding hydrogens is 190 g/mol. The maximum absolute atomic E-state index is 11.6. The first kappa shape index (κ1) is 10.2. The van der Waals surface area contributed by atoms with Crippen LogP contribution in [0.2, 0.25) is 0 Å². The quantitative estimate of drug-likeness (QED) is 0.734. The molecule has 15 heavy (non-hydrogen) atoms. The van der Waals surface area contributed by atoms with Crippen LogP contribution in [-0.2, 0) is 9.53 Å². The molecule has 1 saturated heterocycles. The van der Waals surface area contributed by atoms with Crippen molar-refractivity contribution in [2.75, 3.05) is 19.8 Å². The van der Waals surface area contributed by atoms with Gasteiger partial charge in [-0.3, -0.25) is 4.79 Å². The maximum atomic E-state index is 11.6. The zero-order valence-electron chi connectivity index (χ0n) is 8.85. The summed E-state index contributed by atoms with van der Waals surface area (Å²) in [6.07, 6.45) is 0. The van der Waals surface area contributed by atoms with Crippen LogP contribution in [-0.4, -0.2) is 30.6 Å². The fraction of sp³-hybridized carbons (Fsp3) is 0.417. The Morgan fingerprint density at radius 3 is 2.73 bits per heavy atom. The summed E-state index contributed by atoms with van der Waals surface area (Å²) in [4.78, 5) is 13.5. The van der Waals surface area contributed by atoms with E-state index in [1.54, 1.807) is 0 Å². The number of ether oxygens (including phenoxy) is 1. The van der Waals surface area contributed by atoms with Crippen LogP contribution in [0.5, 0.6) is 0 Å². The molecule has 0 N–H and O–H groups in total. The maximum Gasteiger partial charge on any atom is 0.249 e. The van der Waals surface area contributed by atoms with Crippen LogP contribution in [0.15, 0.2) is 30.3 Å². The van der Waals surface area contributed by atoms with Crippen LogP contribution in [0.25, 0.3) is 0 Å². The van der Waals surface area contributed by atoms with Gasteiger partial charge in [0.2, 0.25) is 5.91 Å². The van der Waals surface area contributed by atoms with Gasteiger partial charge in [-0.2, -0.15) is 0 Å². The number of nitrogens with zero attached hydrogens (tertiary/aromatic N) is 1. The van der Waals surface area contributed by atoms with Crippen LogP contribution < -0.4 is 0 Å². The SMILES string of the molecule is C[C@@H](c1ccccc1)N1CCOCC1=O. The number of benzene rings is 1. The van der Waals surface area contributed by atoms with Gasteiger partial charge in [0.25, 0.3) is 0 Å². The summed E-state index contributed by atoms with van der Waals surface area (Å²) in [7, 11) is 0. The minimum Gasteiger partial charge on any atom is -0.370 e. The summed E-state index contributed by atoms with van der Waals surface area (Å²) in [5, 5.41) is 0. The molecule has 1 aliphatic rings. The van der Waals surface area contributed by atoms with E-state index in [-0.39, 0.29) is 18.6 Å². The van der Waals surface area contributed by atoms with E-state index in [4.69, 9.17) is 4.74 Å². The second kappa shape index (κ2) is 4.45. The van der Waals surface area contributed by atoms with Crippen molar-refractivity contribution >= 4 is 5.91 Å². The lowest BCUT2D eigenvalue weighted by Gasteiger charge is -2.32. The molecule has 2 rings (SSSR count). The fourth-order valence-corrected chi connectivity index (χ4v) is 1.85. The molecule has 1 atom stereocenters. The lowest BCUT2D eigenvalue weighted by Crippen LogP contribution is -2.42. The van der Waals surface area contributed by atoms with Crippen molar-refractivity contribution in [2.45, 2.75) is 13.0 Å². The molecule has 0 spiro atoms. The molecule has 0 saturated carbocycles. The first-order valence-corrected chi connectivity index (χ1v) is 5.21. The molecule has 0 aromatic heterocycles. The molecule has 80 valence electrons. The molecule has 1 heterocycles. The number of carbonyl (C=O) groups excluding carboxylic acids is 1. The third kappa shape index (κ3) is 2.18. The van der Waals surface area contributed by atoms with Gasteiger partial charge in [0.05, 0.1) is 12.6 Å². The van der Waals surface area contributed by atoms with Gasteiger partial charge in [-0.05, 0) is 12.5 Å². The van der Waals surface area contributed by atoms with Gasteiger partial charge < -0.3 is 9.64 Å². The van der Waals surface area contributed by atoms with Crippen molar-refractivity contribution in [3.05, 3.63) is 35.9 Å². The van der Waals surface area contributed by atoms with E-state index in [0.717, 1.165) is 0 Å². The van der Waals surface area contributed by atoms with Gasteiger partial charge in [-0.1, -0.05) is 30.3 Å². The summed E-state index contributed by atoms with van der Waals surface area (Å²) >= 11 is 0. The number of carbonyl (C=O) groups is 1. The Balaban J connectivity index is 2.13. The zero-order chi connectivity index (χ0) is 10.7. The lowest BCUT2D eigenvalue weighted by atomic mass is 10.1. The molecule has 0 radical (unpaired) electrons. The minimum atomic E-state index is 0.0811. The third-order valence-corrected chi connectivity index (χ3v) is 2.77. The molecule has 0 unspecified atom stereocenters. The summed E-state index contributed by atoms with van der Waals surface area (Å²) in [5.41, 5.74) is 1.17. The molecule has 3 nitrogen and oxygen atoms in total. The van der Waals surface area contributed by atoms with Gasteiger partial charge in [-0.25, -0.2) is 0 Å². The number of hydrogen-bond acceptors (Lipinski definition) is 2. The fourth-order valence-electron chi connectivity index (χ4n) is 1.85. The van der Waals surface area contributed by atoms with E-state index in [9.17, 15) is 4.79 Å². The zero-order valence-corrected chi connectivity index (χ0v) is 8.85. The van der Waals surface area contributed by atoms with Crippen molar-refractivity contribution < 1.29 is 9.53 Å². The first-order chi connectivity index (χ1) is 7.29. The number of hydrogen-bond donors (Lipinski definition) is 0. The molecule has 1 aliphatic heterocycles. The molecular formula is C12H15NO2. The Morgan fingerprint density at radius 2 is 2.07 bits per heavy atom. The third-order valence-electron chi connectivity index (χ3n) is 2.77. The Hall–Kier alpha value is -1.35. The van der Waals surface area contributed by atoms with Gasteiger partial charge >= 0.3 is 0 Å². The Labute approximate surface area is 89.7 Å². The van der Waals surface area contributed by atoms with E-state index in [1.165, 1.54) is 5.56 Å². The lowest BCUT2D eigenvalue weighted by molar-refractivity contribution is -0.145. The molecule has 1 aromatic carbocycles. The van der Waals surface area contributed by atoms with Crippen LogP contribution in [0.4, 0.5) is 0 Å². The van der Waals surface area contributed by atoms with Crippen molar-refractivity contribution in [3.63, 3.8) is 0 Å². The highest BCUT2D eigenvalue weighted by atomic mass is 16.5. The van der Waals surface area contributed by atoms with Crippen LogP contribution in [0.3, 0.4) is 0 Å². The highest BCUT2D eigenvalue weighted by Gasteiger charge is 2.24. The predicted octanol–water partition coefficient (Wildman–Crippen LogP) is 1.61. The van der Waals surface area contributed by atoms with Crippen molar-refractivity contribution in [1.82, 2.24) is 4.90 Å². The van der Waals surface area contributed by atoms with Crippen LogP contribution >= 0.6 is 0 Å². The number of rotatable bonds is 2. The topological polar surface area (TPSA) is 29.5 Å². The van der Waals surface area contributed by atoms with Crippen molar-refractivity contribution in [3.8, 4) is 0 Å². The Bertz CT molecular complexity index is 337. The average molecular weight is 205 g/mol. The Morgan fingerprint density at radius 1 is 1.33 bits per heavy atom. The van der Waals surface area contributed by atoms with Crippen LogP contribution in [0, 0.1) is 0 Å². The van der Waals surface area contributed by atoms with Crippen molar-refractivity contribution in [1.29, 1.82) is 0 Å². The molecule has 0 bridgehead atoms. The molecule has 3 heteroatoms. The van der Waals surface area contributed by atoms with E-state index in [0.29, 0.717) is 13.2 Å². The highest BCUT2D eigenvalue weighted by Crippen LogP contribution is 2.20. The van der Waals surface area contributed by atoms with Gasteiger partial charge in [0, 0.05) is 6.54 Å². The molecule has 1 aromatic rings. The van der Waals surface area contributed by atoms with Crippen molar-refractivity contribution in [2.24, 2.45) is 0 Å². The average Bonchev–Trinajstić information content (AvgIpc) is 2.30. The molecule has 1 fully saturated rings. The van der Waals surface area contributed by atoms with Crippen LogP contribution in [0.1, 0.15) is 18.5 Å². The van der Waals surface area contributed by atoms with E-state index < -0.39 is 0 Å². The standard InChI is InChI=1S/C12H15NO2/c1-10(11-5-3-2-4-6-11)13-7-8-15-9-12(13)14/h2-6,10H,7-9H2,1H3/t10-/m0/s1. The van der Waals surface area contributed by atoms with E-state index in [2.05, 4.69) is 6.92 Å². The second-order valence-electron chi connectivity index (χ2n) is 3.73. The Kier molecular flexibility index (Phi) is 3.02. The van der Waals surface area contributed by atoms with E-state index >= 15 is 0 Å². The minimum absolute atomic E-state index is 0.0811.